The molecule has 4 nitrogen and oxygen atoms in total. The lowest BCUT2D eigenvalue weighted by Crippen LogP contribution is -2.00. The Morgan fingerprint density at radius 1 is 0.327 bits per heavy atom. The molecule has 0 N–H and O–H groups in total. The van der Waals surface area contributed by atoms with Gasteiger partial charge >= 0.3 is 0 Å². The second-order valence-electron chi connectivity index (χ2n) is 12.0. The summed E-state index contributed by atoms with van der Waals surface area (Å²) in [6, 6.07) is 60.5. The van der Waals surface area contributed by atoms with Gasteiger partial charge in [-0.15, -0.1) is 0 Å². The van der Waals surface area contributed by atoms with E-state index >= 15 is 0 Å². The van der Waals surface area contributed by atoms with Crippen LogP contribution in [0.25, 0.3) is 89.5 Å². The molecule has 2 heterocycles. The molecular weight excluding hydrogens is 599 g/mol. The van der Waals surface area contributed by atoms with Crippen LogP contribution in [0.2, 0.25) is 0 Å². The van der Waals surface area contributed by atoms with Gasteiger partial charge in [-0.3, -0.25) is 0 Å². The number of nitrogens with zero attached hydrogens (tertiary/aromatic N) is 3. The highest BCUT2D eigenvalue weighted by Gasteiger charge is 2.21. The van der Waals surface area contributed by atoms with Crippen LogP contribution in [0.5, 0.6) is 0 Å². The maximum absolute atomic E-state index is 6.75. The number of rotatable bonds is 6. The van der Waals surface area contributed by atoms with E-state index in [2.05, 4.69) is 103 Å². The quantitative estimate of drug-likeness (QED) is 0.184. The number of para-hydroxylation sites is 1. The Bertz CT molecular complexity index is 2460. The number of furan rings is 1. The Labute approximate surface area is 284 Å². The zero-order valence-corrected chi connectivity index (χ0v) is 26.5. The van der Waals surface area contributed by atoms with Gasteiger partial charge in [0, 0.05) is 33.0 Å². The minimum Gasteiger partial charge on any atom is -0.455 e. The molecule has 0 saturated heterocycles. The maximum Gasteiger partial charge on any atom is 0.164 e. The molecule has 0 radical (unpaired) electrons. The van der Waals surface area contributed by atoms with Gasteiger partial charge in [0.15, 0.2) is 17.5 Å². The van der Waals surface area contributed by atoms with E-state index in [1.807, 2.05) is 72.8 Å². The van der Waals surface area contributed by atoms with E-state index in [0.717, 1.165) is 72.0 Å². The first-order chi connectivity index (χ1) is 24.3. The molecule has 0 saturated carbocycles. The Morgan fingerprint density at radius 3 is 1.31 bits per heavy atom. The van der Waals surface area contributed by atoms with Crippen LogP contribution in [0.3, 0.4) is 0 Å². The van der Waals surface area contributed by atoms with Crippen molar-refractivity contribution >= 4 is 21.9 Å². The number of hydrogen-bond acceptors (Lipinski definition) is 4. The second kappa shape index (κ2) is 12.2. The van der Waals surface area contributed by atoms with Crippen LogP contribution in [0.15, 0.2) is 180 Å². The van der Waals surface area contributed by atoms with Gasteiger partial charge in [0.05, 0.1) is 0 Å². The van der Waals surface area contributed by atoms with E-state index in [1.54, 1.807) is 0 Å². The molecule has 0 aliphatic rings. The molecule has 49 heavy (non-hydrogen) atoms. The molecule has 0 bridgehead atoms. The van der Waals surface area contributed by atoms with Gasteiger partial charge < -0.3 is 4.42 Å². The van der Waals surface area contributed by atoms with E-state index < -0.39 is 0 Å². The molecule has 0 spiro atoms. The summed E-state index contributed by atoms with van der Waals surface area (Å²) in [4.78, 5) is 15.1. The molecule has 0 fully saturated rings. The van der Waals surface area contributed by atoms with Gasteiger partial charge in [0.25, 0.3) is 0 Å². The Morgan fingerprint density at radius 2 is 0.755 bits per heavy atom. The van der Waals surface area contributed by atoms with E-state index in [1.165, 1.54) is 0 Å². The van der Waals surface area contributed by atoms with Gasteiger partial charge in [-0.05, 0) is 64.2 Å². The molecule has 0 aliphatic carbocycles. The number of fused-ring (bicyclic) bond motifs is 3. The highest BCUT2D eigenvalue weighted by atomic mass is 16.3. The number of benzene rings is 7. The monoisotopic (exact) mass is 627 g/mol. The van der Waals surface area contributed by atoms with Crippen LogP contribution in [0.4, 0.5) is 0 Å². The van der Waals surface area contributed by atoms with Crippen molar-refractivity contribution in [2.24, 2.45) is 0 Å². The lowest BCUT2D eigenvalue weighted by atomic mass is 9.91. The predicted molar refractivity (Wildman–Crippen MR) is 200 cm³/mol. The van der Waals surface area contributed by atoms with Crippen LogP contribution in [0.1, 0.15) is 0 Å². The molecule has 230 valence electrons. The van der Waals surface area contributed by atoms with Gasteiger partial charge in [-0.1, -0.05) is 140 Å². The normalized spacial score (nSPS) is 11.3. The summed E-state index contributed by atoms with van der Waals surface area (Å²) in [5.41, 5.74) is 11.0. The van der Waals surface area contributed by atoms with Crippen molar-refractivity contribution in [1.82, 2.24) is 15.0 Å². The van der Waals surface area contributed by atoms with E-state index in [0.29, 0.717) is 17.5 Å². The van der Waals surface area contributed by atoms with Crippen molar-refractivity contribution < 1.29 is 4.42 Å². The molecular formula is C45H29N3O. The van der Waals surface area contributed by atoms with Crippen LogP contribution in [0, 0.1) is 0 Å². The number of aromatic nitrogens is 3. The van der Waals surface area contributed by atoms with E-state index in [9.17, 15) is 0 Å². The summed E-state index contributed by atoms with van der Waals surface area (Å²) in [6.45, 7) is 0. The van der Waals surface area contributed by atoms with Crippen LogP contribution >= 0.6 is 0 Å². The summed E-state index contributed by atoms with van der Waals surface area (Å²) in [7, 11) is 0. The van der Waals surface area contributed by atoms with Crippen molar-refractivity contribution in [2.45, 2.75) is 0 Å². The van der Waals surface area contributed by atoms with Gasteiger partial charge in [-0.2, -0.15) is 0 Å². The summed E-state index contributed by atoms with van der Waals surface area (Å²) < 4.78 is 6.75. The van der Waals surface area contributed by atoms with E-state index in [-0.39, 0.29) is 0 Å². The summed E-state index contributed by atoms with van der Waals surface area (Å²) >= 11 is 0. The van der Waals surface area contributed by atoms with Gasteiger partial charge in [0.1, 0.15) is 11.2 Å². The van der Waals surface area contributed by atoms with Crippen molar-refractivity contribution in [3.8, 4) is 67.5 Å². The molecule has 0 unspecified atom stereocenters. The fraction of sp³-hybridized carbons (Fsp3) is 0. The van der Waals surface area contributed by atoms with Crippen LogP contribution in [-0.2, 0) is 0 Å². The molecule has 0 atom stereocenters. The highest BCUT2D eigenvalue weighted by molar-refractivity contribution is 6.16. The average molecular weight is 628 g/mol. The third-order valence-corrected chi connectivity index (χ3v) is 8.92. The first-order valence-electron chi connectivity index (χ1n) is 16.4. The van der Waals surface area contributed by atoms with Crippen molar-refractivity contribution in [2.75, 3.05) is 0 Å². The van der Waals surface area contributed by atoms with Gasteiger partial charge in [-0.25, -0.2) is 15.0 Å². The van der Waals surface area contributed by atoms with Crippen LogP contribution < -0.4 is 0 Å². The minimum atomic E-state index is 0.596. The minimum absolute atomic E-state index is 0.596. The predicted octanol–water partition coefficient (Wildman–Crippen LogP) is 11.8. The summed E-state index contributed by atoms with van der Waals surface area (Å²) in [6.07, 6.45) is 0. The highest BCUT2D eigenvalue weighted by Crippen LogP contribution is 2.43. The third-order valence-electron chi connectivity index (χ3n) is 8.92. The SMILES string of the molecule is c1ccc(-c2cc(-c3ccccc3)cc(-c3ccc(-c4nc(-c5ccccc5)nc(-c5ccccc5)n4)c4c3oc3ccccc34)c2)cc1. The molecule has 4 heteroatoms. The van der Waals surface area contributed by atoms with Crippen molar-refractivity contribution in [1.29, 1.82) is 0 Å². The van der Waals surface area contributed by atoms with Crippen molar-refractivity contribution in [3.05, 3.63) is 176 Å². The van der Waals surface area contributed by atoms with Crippen molar-refractivity contribution in [3.63, 3.8) is 0 Å². The molecule has 9 rings (SSSR count). The number of hydrogen-bond donors (Lipinski definition) is 0. The summed E-state index contributed by atoms with van der Waals surface area (Å²) in [5, 5.41) is 1.99. The lowest BCUT2D eigenvalue weighted by molar-refractivity contribution is 0.670. The molecule has 2 aromatic heterocycles. The Hall–Kier alpha value is -6.65. The molecule has 7 aromatic carbocycles. The fourth-order valence-electron chi connectivity index (χ4n) is 6.55. The Kier molecular flexibility index (Phi) is 7.10. The fourth-order valence-corrected chi connectivity index (χ4v) is 6.55. The smallest absolute Gasteiger partial charge is 0.164 e. The second-order valence-corrected chi connectivity index (χ2v) is 12.0. The van der Waals surface area contributed by atoms with Gasteiger partial charge in [0.2, 0.25) is 0 Å². The van der Waals surface area contributed by atoms with E-state index in [4.69, 9.17) is 19.4 Å². The van der Waals surface area contributed by atoms with Crippen LogP contribution in [-0.4, -0.2) is 15.0 Å². The first kappa shape index (κ1) is 28.6. The third kappa shape index (κ3) is 5.35. The average Bonchev–Trinajstić information content (AvgIpc) is 3.58. The largest absolute Gasteiger partial charge is 0.455 e. The molecule has 0 amide bonds. The lowest BCUT2D eigenvalue weighted by Gasteiger charge is -2.13. The Balaban J connectivity index is 1.31. The molecule has 0 aliphatic heterocycles. The first-order valence-corrected chi connectivity index (χ1v) is 16.4. The standard InChI is InChI=1S/C45H29N3O/c1-5-15-30(16-6-1)34-27-35(31-17-7-2-8-18-31)29-36(28-34)37-25-26-39(41-38-23-13-14-24-40(38)49-42(37)41)45-47-43(32-19-9-3-10-20-32)46-44(48-45)33-21-11-4-12-22-33/h1-29H. The topological polar surface area (TPSA) is 51.8 Å². The zero-order valence-electron chi connectivity index (χ0n) is 26.5. The maximum atomic E-state index is 6.75. The molecule has 9 aromatic rings. The summed E-state index contributed by atoms with van der Waals surface area (Å²) in [5.74, 6) is 1.84. The zero-order chi connectivity index (χ0) is 32.6.